The second-order valence-corrected chi connectivity index (χ2v) is 7.28. The average Bonchev–Trinajstić information content (AvgIpc) is 3.28. The Morgan fingerprint density at radius 3 is 2.62 bits per heavy atom. The lowest BCUT2D eigenvalue weighted by Crippen LogP contribution is -2.42. The molecule has 1 atom stereocenters. The summed E-state index contributed by atoms with van der Waals surface area (Å²) in [6.07, 6.45) is 3.44. The summed E-state index contributed by atoms with van der Waals surface area (Å²) in [4.78, 5) is 30.5. The van der Waals surface area contributed by atoms with Crippen molar-refractivity contribution in [1.82, 2.24) is 9.80 Å². The molecule has 0 unspecified atom stereocenters. The molecule has 4 rings (SSSR count). The minimum absolute atomic E-state index is 0.0241. The molecule has 128 valence electrons. The molecular weight excluding hydrogens is 309 g/mol. The van der Waals surface area contributed by atoms with E-state index in [0.29, 0.717) is 31.7 Å². The van der Waals surface area contributed by atoms with Gasteiger partial charge in [0.2, 0.25) is 5.91 Å². The van der Waals surface area contributed by atoms with Gasteiger partial charge in [-0.25, -0.2) is 9.18 Å². The van der Waals surface area contributed by atoms with Crippen LogP contribution in [0.5, 0.6) is 0 Å². The number of nitrogens with zero attached hydrogens (tertiary/aromatic N) is 3. The Morgan fingerprint density at radius 1 is 1.08 bits per heavy atom. The molecule has 0 aromatic heterocycles. The normalized spacial score (nSPS) is 26.9. The van der Waals surface area contributed by atoms with E-state index in [0.717, 1.165) is 32.4 Å². The van der Waals surface area contributed by atoms with Crippen molar-refractivity contribution in [2.75, 3.05) is 37.6 Å². The first-order valence-electron chi connectivity index (χ1n) is 8.66. The van der Waals surface area contributed by atoms with Gasteiger partial charge in [-0.1, -0.05) is 6.07 Å². The molecule has 1 aromatic carbocycles. The van der Waals surface area contributed by atoms with Gasteiger partial charge in [-0.3, -0.25) is 4.79 Å². The quantitative estimate of drug-likeness (QED) is 0.793. The summed E-state index contributed by atoms with van der Waals surface area (Å²) in [5.74, 6) is -0.311. The molecule has 3 heterocycles. The largest absolute Gasteiger partial charge is 0.325 e. The van der Waals surface area contributed by atoms with E-state index in [-0.39, 0.29) is 23.2 Å². The molecular formula is C18H22FN3O2. The molecule has 5 nitrogen and oxygen atoms in total. The van der Waals surface area contributed by atoms with E-state index in [2.05, 4.69) is 0 Å². The van der Waals surface area contributed by atoms with Crippen LogP contribution in [0.1, 0.15) is 25.7 Å². The summed E-state index contributed by atoms with van der Waals surface area (Å²) < 4.78 is 13.5. The fourth-order valence-electron chi connectivity index (χ4n) is 4.26. The molecule has 0 aliphatic carbocycles. The number of rotatable bonds is 1. The highest BCUT2D eigenvalue weighted by molar-refractivity contribution is 5.96. The molecule has 0 N–H and O–H groups in total. The Labute approximate surface area is 141 Å². The third-order valence-corrected chi connectivity index (χ3v) is 5.53. The highest BCUT2D eigenvalue weighted by Crippen LogP contribution is 2.42. The van der Waals surface area contributed by atoms with Gasteiger partial charge in [0.1, 0.15) is 5.82 Å². The van der Waals surface area contributed by atoms with Crippen LogP contribution in [0.15, 0.2) is 24.3 Å². The monoisotopic (exact) mass is 331 g/mol. The number of hydrogen-bond acceptors (Lipinski definition) is 2. The van der Waals surface area contributed by atoms with Crippen molar-refractivity contribution in [1.29, 1.82) is 0 Å². The number of halogens is 1. The Hall–Kier alpha value is -2.11. The Kier molecular flexibility index (Phi) is 3.70. The summed E-state index contributed by atoms with van der Waals surface area (Å²) in [5, 5.41) is 0. The lowest BCUT2D eigenvalue weighted by Gasteiger charge is -2.27. The van der Waals surface area contributed by atoms with Crippen LogP contribution in [-0.4, -0.2) is 54.5 Å². The van der Waals surface area contributed by atoms with E-state index in [1.165, 1.54) is 12.1 Å². The maximum Gasteiger partial charge on any atom is 0.320 e. The molecule has 3 fully saturated rings. The average molecular weight is 331 g/mol. The maximum absolute atomic E-state index is 13.5. The molecule has 0 radical (unpaired) electrons. The first-order valence-corrected chi connectivity index (χ1v) is 8.66. The third kappa shape index (κ3) is 2.64. The molecule has 0 bridgehead atoms. The van der Waals surface area contributed by atoms with Crippen LogP contribution in [0.2, 0.25) is 0 Å². The second kappa shape index (κ2) is 5.76. The molecule has 6 heteroatoms. The lowest BCUT2D eigenvalue weighted by molar-refractivity contribution is -0.117. The number of carbonyl (C=O) groups is 2. The highest BCUT2D eigenvalue weighted by Gasteiger charge is 2.49. The first-order chi connectivity index (χ1) is 11.6. The van der Waals surface area contributed by atoms with E-state index < -0.39 is 0 Å². The van der Waals surface area contributed by atoms with E-state index in [1.807, 2.05) is 9.80 Å². The van der Waals surface area contributed by atoms with Crippen molar-refractivity contribution in [3.05, 3.63) is 30.1 Å². The van der Waals surface area contributed by atoms with Crippen molar-refractivity contribution in [2.24, 2.45) is 5.41 Å². The summed E-state index contributed by atoms with van der Waals surface area (Å²) >= 11 is 0. The number of carbonyl (C=O) groups excluding carboxylic acids is 2. The van der Waals surface area contributed by atoms with Crippen LogP contribution in [-0.2, 0) is 4.79 Å². The van der Waals surface area contributed by atoms with Gasteiger partial charge in [0.15, 0.2) is 0 Å². The smallest absolute Gasteiger partial charge is 0.320 e. The van der Waals surface area contributed by atoms with Gasteiger partial charge < -0.3 is 14.7 Å². The van der Waals surface area contributed by atoms with Crippen LogP contribution in [0.3, 0.4) is 0 Å². The number of anilines is 1. The predicted octanol–water partition coefficient (Wildman–Crippen LogP) is 2.47. The Balaban J connectivity index is 1.47. The molecule has 3 aliphatic rings. The predicted molar refractivity (Wildman–Crippen MR) is 88.2 cm³/mol. The molecule has 3 amide bonds. The minimum Gasteiger partial charge on any atom is -0.325 e. The first kappa shape index (κ1) is 15.4. The van der Waals surface area contributed by atoms with Gasteiger partial charge in [-0.15, -0.1) is 0 Å². The number of hydrogen-bond donors (Lipinski definition) is 0. The van der Waals surface area contributed by atoms with Crippen LogP contribution in [0.4, 0.5) is 14.9 Å². The summed E-state index contributed by atoms with van der Waals surface area (Å²) in [6, 6.07) is 6.29. The van der Waals surface area contributed by atoms with Crippen molar-refractivity contribution >= 4 is 17.6 Å². The lowest BCUT2D eigenvalue weighted by atomic mass is 9.86. The number of likely N-dealkylation sites (tertiary alicyclic amines) is 2. The van der Waals surface area contributed by atoms with Gasteiger partial charge in [0, 0.05) is 50.2 Å². The van der Waals surface area contributed by atoms with Gasteiger partial charge >= 0.3 is 6.03 Å². The summed E-state index contributed by atoms with van der Waals surface area (Å²) in [6.45, 7) is 3.59. The van der Waals surface area contributed by atoms with Crippen LogP contribution < -0.4 is 4.90 Å². The van der Waals surface area contributed by atoms with Crippen molar-refractivity contribution in [2.45, 2.75) is 25.7 Å². The molecule has 1 aromatic rings. The van der Waals surface area contributed by atoms with Gasteiger partial charge in [-0.2, -0.15) is 0 Å². The molecule has 1 spiro atoms. The Morgan fingerprint density at radius 2 is 1.88 bits per heavy atom. The topological polar surface area (TPSA) is 43.9 Å². The molecule has 3 aliphatic heterocycles. The molecule has 0 saturated carbocycles. The number of amides is 3. The fraction of sp³-hybridized carbons (Fsp3) is 0.556. The van der Waals surface area contributed by atoms with E-state index in [4.69, 9.17) is 0 Å². The number of benzene rings is 1. The zero-order valence-corrected chi connectivity index (χ0v) is 13.7. The zero-order valence-electron chi connectivity index (χ0n) is 13.7. The van der Waals surface area contributed by atoms with Crippen molar-refractivity contribution in [3.8, 4) is 0 Å². The molecule has 3 saturated heterocycles. The van der Waals surface area contributed by atoms with Crippen LogP contribution >= 0.6 is 0 Å². The minimum atomic E-state index is -0.335. The zero-order chi connectivity index (χ0) is 16.7. The summed E-state index contributed by atoms with van der Waals surface area (Å²) in [7, 11) is 0. The highest BCUT2D eigenvalue weighted by atomic mass is 19.1. The van der Waals surface area contributed by atoms with Crippen molar-refractivity contribution in [3.63, 3.8) is 0 Å². The molecule has 24 heavy (non-hydrogen) atoms. The van der Waals surface area contributed by atoms with Gasteiger partial charge in [0.25, 0.3) is 0 Å². The second-order valence-electron chi connectivity index (χ2n) is 7.28. The third-order valence-electron chi connectivity index (χ3n) is 5.53. The van der Waals surface area contributed by atoms with Crippen LogP contribution in [0, 0.1) is 11.2 Å². The fourth-order valence-corrected chi connectivity index (χ4v) is 4.26. The SMILES string of the molecule is O=C(N1CCCC1)N1CC[C@]2(CC(=O)N(c3cccc(F)c3)C2)C1. The van der Waals surface area contributed by atoms with E-state index in [9.17, 15) is 14.0 Å². The standard InChI is InChI=1S/C18H22FN3O2/c19-14-4-3-5-15(10-14)22-13-18(11-16(22)23)6-9-21(12-18)17(24)20-7-1-2-8-20/h3-5,10H,1-2,6-9,11-13H2/t18-/m0/s1. The summed E-state index contributed by atoms with van der Waals surface area (Å²) in [5.41, 5.74) is 0.430. The van der Waals surface area contributed by atoms with Gasteiger partial charge in [0.05, 0.1) is 0 Å². The van der Waals surface area contributed by atoms with E-state index in [1.54, 1.807) is 17.0 Å². The van der Waals surface area contributed by atoms with Gasteiger partial charge in [-0.05, 0) is 37.5 Å². The maximum atomic E-state index is 13.5. The van der Waals surface area contributed by atoms with Crippen LogP contribution in [0.25, 0.3) is 0 Å². The van der Waals surface area contributed by atoms with Crippen molar-refractivity contribution < 1.29 is 14.0 Å². The van der Waals surface area contributed by atoms with E-state index >= 15 is 0 Å². The Bertz CT molecular complexity index is 674. The number of urea groups is 1.